The molecule has 2 aliphatic heterocycles. The van der Waals surface area contributed by atoms with Crippen molar-refractivity contribution in [3.63, 3.8) is 0 Å². The predicted octanol–water partition coefficient (Wildman–Crippen LogP) is 4.78. The maximum Gasteiger partial charge on any atom is 0.223 e. The summed E-state index contributed by atoms with van der Waals surface area (Å²) in [6.07, 6.45) is 8.83. The van der Waals surface area contributed by atoms with Crippen LogP contribution in [0.15, 0.2) is 60.9 Å². The monoisotopic (exact) mass is 416 g/mol. The Morgan fingerprint density at radius 3 is 2.52 bits per heavy atom. The first-order valence-electron chi connectivity index (χ1n) is 11.2. The molecule has 160 valence electrons. The molecule has 3 aromatic rings. The highest BCUT2D eigenvalue weighted by atomic mass is 16.5. The van der Waals surface area contributed by atoms with Crippen LogP contribution in [-0.2, 0) is 11.2 Å². The number of amides is 1. The third-order valence-corrected chi connectivity index (χ3v) is 6.74. The number of ether oxygens (including phenoxy) is 2. The zero-order chi connectivity index (χ0) is 21.2. The van der Waals surface area contributed by atoms with Crippen molar-refractivity contribution in [3.8, 4) is 11.5 Å². The van der Waals surface area contributed by atoms with Gasteiger partial charge < -0.3 is 14.4 Å². The Hall–Kier alpha value is -3.08. The maximum absolute atomic E-state index is 13.3. The van der Waals surface area contributed by atoms with Crippen LogP contribution in [0.1, 0.15) is 37.7 Å². The Balaban J connectivity index is 1.27. The van der Waals surface area contributed by atoms with E-state index in [1.54, 1.807) is 19.5 Å². The number of hydrogen-bond donors (Lipinski definition) is 0. The highest BCUT2D eigenvalue weighted by Crippen LogP contribution is 2.38. The van der Waals surface area contributed by atoms with Gasteiger partial charge in [0.2, 0.25) is 5.91 Å². The summed E-state index contributed by atoms with van der Waals surface area (Å²) in [6.45, 7) is 0. The van der Waals surface area contributed by atoms with Gasteiger partial charge in [0.25, 0.3) is 0 Å². The van der Waals surface area contributed by atoms with Crippen molar-refractivity contribution in [1.82, 2.24) is 9.88 Å². The Bertz CT molecular complexity index is 1050. The van der Waals surface area contributed by atoms with Crippen molar-refractivity contribution < 1.29 is 14.3 Å². The highest BCUT2D eigenvalue weighted by Gasteiger charge is 2.43. The van der Waals surface area contributed by atoms with Gasteiger partial charge in [-0.15, -0.1) is 0 Å². The molecule has 5 nitrogen and oxygen atoms in total. The van der Waals surface area contributed by atoms with Crippen LogP contribution >= 0.6 is 0 Å². The van der Waals surface area contributed by atoms with Crippen LogP contribution in [0.25, 0.3) is 10.8 Å². The van der Waals surface area contributed by atoms with Gasteiger partial charge in [-0.1, -0.05) is 30.3 Å². The topological polar surface area (TPSA) is 51.7 Å². The molecule has 2 saturated heterocycles. The Labute approximate surface area is 183 Å². The van der Waals surface area contributed by atoms with E-state index in [1.165, 1.54) is 10.8 Å². The molecule has 2 bridgehead atoms. The molecule has 2 aliphatic rings. The number of aryl methyl sites for hydroxylation is 1. The second-order valence-corrected chi connectivity index (χ2v) is 8.55. The fraction of sp³-hybridized carbons (Fsp3) is 0.385. The quantitative estimate of drug-likeness (QED) is 0.580. The van der Waals surface area contributed by atoms with Crippen molar-refractivity contribution in [2.45, 2.75) is 56.7 Å². The molecular formula is C26H28N2O3. The standard InChI is InChI=1S/C26H28N2O3/c1-30-25-10-6-18-4-2-3-5-23(18)24(25)9-11-26(29)28-19-7-8-20(28)17-22(16-19)31-21-12-14-27-15-13-21/h2-6,10,12-15,19-20,22H,7-9,11,16-17H2,1H3. The van der Waals surface area contributed by atoms with Gasteiger partial charge in [0, 0.05) is 49.3 Å². The van der Waals surface area contributed by atoms with E-state index < -0.39 is 0 Å². The van der Waals surface area contributed by atoms with Crippen molar-refractivity contribution in [2.24, 2.45) is 0 Å². The van der Waals surface area contributed by atoms with Gasteiger partial charge in [-0.3, -0.25) is 9.78 Å². The number of carbonyl (C=O) groups excluding carboxylic acids is 1. The third-order valence-electron chi connectivity index (χ3n) is 6.74. The molecule has 0 N–H and O–H groups in total. The fourth-order valence-electron chi connectivity index (χ4n) is 5.37. The van der Waals surface area contributed by atoms with Crippen LogP contribution in [0.2, 0.25) is 0 Å². The van der Waals surface area contributed by atoms with Crippen LogP contribution in [0.5, 0.6) is 11.5 Å². The fourth-order valence-corrected chi connectivity index (χ4v) is 5.37. The van der Waals surface area contributed by atoms with Crippen molar-refractivity contribution in [2.75, 3.05) is 7.11 Å². The molecule has 3 heterocycles. The molecule has 5 heteroatoms. The molecule has 0 radical (unpaired) electrons. The molecule has 1 amide bonds. The molecule has 2 aromatic carbocycles. The number of hydrogen-bond acceptors (Lipinski definition) is 4. The lowest BCUT2D eigenvalue weighted by Crippen LogP contribution is -2.49. The molecule has 0 aliphatic carbocycles. The smallest absolute Gasteiger partial charge is 0.223 e. The number of nitrogens with zero attached hydrogens (tertiary/aromatic N) is 2. The molecule has 1 aromatic heterocycles. The number of pyridine rings is 1. The van der Waals surface area contributed by atoms with Gasteiger partial charge in [0.15, 0.2) is 0 Å². The Morgan fingerprint density at radius 2 is 1.77 bits per heavy atom. The van der Waals surface area contributed by atoms with E-state index in [1.807, 2.05) is 30.3 Å². The second-order valence-electron chi connectivity index (χ2n) is 8.55. The summed E-state index contributed by atoms with van der Waals surface area (Å²) in [6, 6.07) is 16.8. The minimum absolute atomic E-state index is 0.169. The summed E-state index contributed by atoms with van der Waals surface area (Å²) in [5, 5.41) is 2.35. The summed E-state index contributed by atoms with van der Waals surface area (Å²) in [5.74, 6) is 1.98. The molecule has 5 rings (SSSR count). The number of rotatable bonds is 6. The lowest BCUT2D eigenvalue weighted by molar-refractivity contribution is -0.137. The van der Waals surface area contributed by atoms with Crippen LogP contribution < -0.4 is 9.47 Å². The zero-order valence-electron chi connectivity index (χ0n) is 17.9. The van der Waals surface area contributed by atoms with Gasteiger partial charge >= 0.3 is 0 Å². The molecule has 2 fully saturated rings. The first-order valence-corrected chi connectivity index (χ1v) is 11.2. The molecule has 31 heavy (non-hydrogen) atoms. The van der Waals surface area contributed by atoms with Crippen LogP contribution in [0.4, 0.5) is 0 Å². The predicted molar refractivity (Wildman–Crippen MR) is 120 cm³/mol. The molecule has 2 atom stereocenters. The summed E-state index contributed by atoms with van der Waals surface area (Å²) < 4.78 is 11.8. The van der Waals surface area contributed by atoms with E-state index in [4.69, 9.17) is 9.47 Å². The average Bonchev–Trinajstić information content (AvgIpc) is 3.08. The summed E-state index contributed by atoms with van der Waals surface area (Å²) in [7, 11) is 1.70. The third kappa shape index (κ3) is 3.97. The summed E-state index contributed by atoms with van der Waals surface area (Å²) in [5.41, 5.74) is 1.12. The first kappa shape index (κ1) is 19.9. The maximum atomic E-state index is 13.3. The minimum Gasteiger partial charge on any atom is -0.496 e. The number of carbonyl (C=O) groups is 1. The van der Waals surface area contributed by atoms with Crippen molar-refractivity contribution in [3.05, 3.63) is 66.5 Å². The van der Waals surface area contributed by atoms with Gasteiger partial charge in [0.05, 0.1) is 7.11 Å². The Morgan fingerprint density at radius 1 is 1.03 bits per heavy atom. The molecule has 0 saturated carbocycles. The first-order chi connectivity index (χ1) is 15.2. The van der Waals surface area contributed by atoms with Crippen LogP contribution in [0, 0.1) is 0 Å². The van der Waals surface area contributed by atoms with Gasteiger partial charge in [-0.05, 0) is 48.2 Å². The van der Waals surface area contributed by atoms with Crippen LogP contribution in [-0.4, -0.2) is 41.1 Å². The number of fused-ring (bicyclic) bond motifs is 3. The number of methoxy groups -OCH3 is 1. The lowest BCUT2D eigenvalue weighted by atomic mass is 9.97. The number of aromatic nitrogens is 1. The largest absolute Gasteiger partial charge is 0.496 e. The minimum atomic E-state index is 0.169. The SMILES string of the molecule is COc1ccc2ccccc2c1CCC(=O)N1C2CCC1CC(Oc1ccncc1)C2. The normalized spacial score (nSPS) is 22.5. The lowest BCUT2D eigenvalue weighted by Gasteiger charge is -2.39. The zero-order valence-corrected chi connectivity index (χ0v) is 17.9. The molecular weight excluding hydrogens is 388 g/mol. The highest BCUT2D eigenvalue weighted by molar-refractivity contribution is 5.88. The van der Waals surface area contributed by atoms with Gasteiger partial charge in [-0.2, -0.15) is 0 Å². The van der Waals surface area contributed by atoms with E-state index >= 15 is 0 Å². The van der Waals surface area contributed by atoms with Gasteiger partial charge in [0.1, 0.15) is 17.6 Å². The van der Waals surface area contributed by atoms with E-state index in [-0.39, 0.29) is 24.1 Å². The average molecular weight is 417 g/mol. The van der Waals surface area contributed by atoms with E-state index in [0.29, 0.717) is 12.8 Å². The summed E-state index contributed by atoms with van der Waals surface area (Å²) >= 11 is 0. The van der Waals surface area contributed by atoms with Crippen LogP contribution in [0.3, 0.4) is 0 Å². The second kappa shape index (κ2) is 8.58. The van der Waals surface area contributed by atoms with Crippen molar-refractivity contribution in [1.29, 1.82) is 0 Å². The summed E-state index contributed by atoms with van der Waals surface area (Å²) in [4.78, 5) is 19.5. The number of piperidine rings is 1. The Kier molecular flexibility index (Phi) is 5.49. The van der Waals surface area contributed by atoms with E-state index in [0.717, 1.165) is 42.7 Å². The van der Waals surface area contributed by atoms with Crippen molar-refractivity contribution >= 4 is 16.7 Å². The van der Waals surface area contributed by atoms with E-state index in [9.17, 15) is 4.79 Å². The molecule has 0 spiro atoms. The number of benzene rings is 2. The van der Waals surface area contributed by atoms with Gasteiger partial charge in [-0.25, -0.2) is 0 Å². The molecule has 2 unspecified atom stereocenters. The van der Waals surface area contributed by atoms with E-state index in [2.05, 4.69) is 28.1 Å².